The molecule has 0 aliphatic carbocycles. The van der Waals surface area contributed by atoms with E-state index in [1.807, 2.05) is 36.6 Å². The van der Waals surface area contributed by atoms with Crippen LogP contribution >= 0.6 is 11.8 Å². The molecule has 0 radical (unpaired) electrons. The summed E-state index contributed by atoms with van der Waals surface area (Å²) in [6.45, 7) is 6.65. The first-order chi connectivity index (χ1) is 11.4. The van der Waals surface area contributed by atoms with Crippen molar-refractivity contribution >= 4 is 23.4 Å². The molecule has 0 spiro atoms. The van der Waals surface area contributed by atoms with Crippen LogP contribution in [0.5, 0.6) is 0 Å². The number of thioether (sulfide) groups is 1. The van der Waals surface area contributed by atoms with Gasteiger partial charge in [-0.05, 0) is 61.4 Å². The van der Waals surface area contributed by atoms with Crippen LogP contribution in [-0.2, 0) is 6.54 Å². The third-order valence-electron chi connectivity index (χ3n) is 3.90. The van der Waals surface area contributed by atoms with Gasteiger partial charge in [-0.3, -0.25) is 9.59 Å². The van der Waals surface area contributed by atoms with Gasteiger partial charge in [-0.1, -0.05) is 13.8 Å². The van der Waals surface area contributed by atoms with Crippen LogP contribution in [-0.4, -0.2) is 16.7 Å². The van der Waals surface area contributed by atoms with E-state index in [0.29, 0.717) is 23.7 Å². The second kappa shape index (κ2) is 8.20. The predicted octanol–water partition coefficient (Wildman–Crippen LogP) is 4.18. The number of nitrogens with one attached hydrogen (secondary N) is 1. The smallest absolute Gasteiger partial charge is 0.263 e. The van der Waals surface area contributed by atoms with E-state index in [4.69, 9.17) is 0 Å². The molecule has 0 aliphatic heterocycles. The Morgan fingerprint density at radius 3 is 2.46 bits per heavy atom. The number of carbonyl (C=O) groups is 1. The number of amides is 1. The van der Waals surface area contributed by atoms with Crippen LogP contribution in [0, 0.1) is 12.8 Å². The number of carbonyl (C=O) groups excluding carboxylic acids is 1. The molecule has 0 bridgehead atoms. The molecular formula is C19H24N2O2S. The number of hydrogen-bond acceptors (Lipinski definition) is 3. The van der Waals surface area contributed by atoms with E-state index in [9.17, 15) is 9.59 Å². The van der Waals surface area contributed by atoms with E-state index in [2.05, 4.69) is 19.2 Å². The molecule has 1 heterocycles. The number of pyridine rings is 1. The molecule has 5 heteroatoms. The summed E-state index contributed by atoms with van der Waals surface area (Å²) < 4.78 is 1.62. The van der Waals surface area contributed by atoms with Gasteiger partial charge in [0.1, 0.15) is 5.56 Å². The number of nitrogens with zero attached hydrogens (tertiary/aromatic N) is 1. The quantitative estimate of drug-likeness (QED) is 0.800. The van der Waals surface area contributed by atoms with E-state index >= 15 is 0 Å². The topological polar surface area (TPSA) is 51.1 Å². The molecule has 1 N–H and O–H groups in total. The number of rotatable bonds is 6. The van der Waals surface area contributed by atoms with Crippen LogP contribution in [0.2, 0.25) is 0 Å². The second-order valence-electron chi connectivity index (χ2n) is 6.24. The molecule has 128 valence electrons. The first-order valence-corrected chi connectivity index (χ1v) is 9.30. The Kier molecular flexibility index (Phi) is 6.26. The minimum Gasteiger partial charge on any atom is -0.322 e. The molecule has 1 amide bonds. The van der Waals surface area contributed by atoms with Crippen LogP contribution in [0.3, 0.4) is 0 Å². The minimum atomic E-state index is -0.353. The molecule has 0 saturated carbocycles. The maximum absolute atomic E-state index is 12.6. The molecule has 2 aromatic rings. The van der Waals surface area contributed by atoms with Crippen molar-refractivity contribution < 1.29 is 4.79 Å². The molecule has 0 aliphatic rings. The zero-order chi connectivity index (χ0) is 17.7. The highest BCUT2D eigenvalue weighted by molar-refractivity contribution is 7.98. The lowest BCUT2D eigenvalue weighted by atomic mass is 10.1. The lowest BCUT2D eigenvalue weighted by molar-refractivity contribution is 0.102. The normalized spacial score (nSPS) is 10.9. The maximum atomic E-state index is 12.6. The maximum Gasteiger partial charge on any atom is 0.263 e. The zero-order valence-electron chi connectivity index (χ0n) is 14.6. The fraction of sp³-hybridized carbons (Fsp3) is 0.368. The van der Waals surface area contributed by atoms with Crippen LogP contribution in [0.15, 0.2) is 46.2 Å². The van der Waals surface area contributed by atoms with E-state index in [0.717, 1.165) is 11.3 Å². The van der Waals surface area contributed by atoms with Crippen molar-refractivity contribution in [3.63, 3.8) is 0 Å². The number of benzene rings is 1. The summed E-state index contributed by atoms with van der Waals surface area (Å²) in [5.41, 5.74) is 1.37. The first-order valence-electron chi connectivity index (χ1n) is 8.07. The molecule has 1 aromatic carbocycles. The summed E-state index contributed by atoms with van der Waals surface area (Å²) in [5.74, 6) is 0.152. The second-order valence-corrected chi connectivity index (χ2v) is 7.12. The van der Waals surface area contributed by atoms with Crippen molar-refractivity contribution in [3.05, 3.63) is 58.0 Å². The molecular weight excluding hydrogens is 320 g/mol. The van der Waals surface area contributed by atoms with Gasteiger partial charge in [-0.15, -0.1) is 11.8 Å². The van der Waals surface area contributed by atoms with Crippen LogP contribution < -0.4 is 10.9 Å². The van der Waals surface area contributed by atoms with Crippen molar-refractivity contribution in [1.82, 2.24) is 4.57 Å². The van der Waals surface area contributed by atoms with E-state index in [1.54, 1.807) is 29.4 Å². The van der Waals surface area contributed by atoms with Gasteiger partial charge in [-0.25, -0.2) is 0 Å². The van der Waals surface area contributed by atoms with Crippen molar-refractivity contribution in [3.8, 4) is 0 Å². The zero-order valence-corrected chi connectivity index (χ0v) is 15.4. The molecule has 2 rings (SSSR count). The van der Waals surface area contributed by atoms with Crippen molar-refractivity contribution in [2.24, 2.45) is 5.92 Å². The van der Waals surface area contributed by atoms with Gasteiger partial charge in [0.15, 0.2) is 0 Å². The summed E-state index contributed by atoms with van der Waals surface area (Å²) in [5, 5.41) is 2.82. The largest absolute Gasteiger partial charge is 0.322 e. The number of aromatic nitrogens is 1. The summed E-state index contributed by atoms with van der Waals surface area (Å²) in [6, 6.07) is 9.41. The van der Waals surface area contributed by atoms with E-state index in [1.165, 1.54) is 0 Å². The highest BCUT2D eigenvalue weighted by atomic mass is 32.2. The molecule has 0 saturated heterocycles. The van der Waals surface area contributed by atoms with Gasteiger partial charge in [0, 0.05) is 23.3 Å². The summed E-state index contributed by atoms with van der Waals surface area (Å²) in [6.07, 6.45) is 4.67. The third-order valence-corrected chi connectivity index (χ3v) is 4.64. The Morgan fingerprint density at radius 2 is 1.88 bits per heavy atom. The van der Waals surface area contributed by atoms with Gasteiger partial charge in [0.25, 0.3) is 11.5 Å². The average Bonchev–Trinajstić information content (AvgIpc) is 2.54. The van der Waals surface area contributed by atoms with Crippen molar-refractivity contribution in [2.45, 2.75) is 38.6 Å². The van der Waals surface area contributed by atoms with Gasteiger partial charge >= 0.3 is 0 Å². The molecule has 4 nitrogen and oxygen atoms in total. The molecule has 0 atom stereocenters. The van der Waals surface area contributed by atoms with Crippen molar-refractivity contribution in [2.75, 3.05) is 11.6 Å². The van der Waals surface area contributed by atoms with Crippen LogP contribution in [0.1, 0.15) is 36.2 Å². The molecule has 0 unspecified atom stereocenters. The monoisotopic (exact) mass is 344 g/mol. The Balaban J connectivity index is 2.24. The summed E-state index contributed by atoms with van der Waals surface area (Å²) >= 11 is 1.64. The third kappa shape index (κ3) is 4.51. The first kappa shape index (κ1) is 18.3. The highest BCUT2D eigenvalue weighted by Crippen LogP contribution is 2.18. The highest BCUT2D eigenvalue weighted by Gasteiger charge is 2.16. The Hall–Kier alpha value is -2.01. The average molecular weight is 344 g/mol. The Morgan fingerprint density at radius 1 is 1.21 bits per heavy atom. The Labute approximate surface area is 147 Å². The van der Waals surface area contributed by atoms with E-state index in [-0.39, 0.29) is 17.0 Å². The lowest BCUT2D eigenvalue weighted by Crippen LogP contribution is -2.30. The molecule has 24 heavy (non-hydrogen) atoms. The SMILES string of the molecule is CSc1ccc(NC(=O)c2c(C)ccn(CCC(C)C)c2=O)cc1. The number of hydrogen-bond donors (Lipinski definition) is 1. The Bertz CT molecular complexity index is 764. The molecule has 0 fully saturated rings. The van der Waals surface area contributed by atoms with Gasteiger partial charge < -0.3 is 9.88 Å². The fourth-order valence-electron chi connectivity index (χ4n) is 2.38. The van der Waals surface area contributed by atoms with Crippen molar-refractivity contribution in [1.29, 1.82) is 0 Å². The number of aryl methyl sites for hydroxylation is 2. The molecule has 1 aromatic heterocycles. The minimum absolute atomic E-state index is 0.218. The van der Waals surface area contributed by atoms with Gasteiger partial charge in [0.2, 0.25) is 0 Å². The van der Waals surface area contributed by atoms with Crippen LogP contribution in [0.25, 0.3) is 0 Å². The van der Waals surface area contributed by atoms with Gasteiger partial charge in [-0.2, -0.15) is 0 Å². The predicted molar refractivity (Wildman–Crippen MR) is 101 cm³/mol. The lowest BCUT2D eigenvalue weighted by Gasteiger charge is -2.12. The standard InChI is InChI=1S/C19H24N2O2S/c1-13(2)9-11-21-12-10-14(3)17(19(21)23)18(22)20-15-5-7-16(24-4)8-6-15/h5-8,10,12-13H,9,11H2,1-4H3,(H,20,22). The fourth-order valence-corrected chi connectivity index (χ4v) is 2.79. The summed E-state index contributed by atoms with van der Waals surface area (Å²) in [4.78, 5) is 26.3. The van der Waals surface area contributed by atoms with Gasteiger partial charge in [0.05, 0.1) is 0 Å². The number of anilines is 1. The summed E-state index contributed by atoms with van der Waals surface area (Å²) in [7, 11) is 0. The van der Waals surface area contributed by atoms with E-state index < -0.39 is 0 Å². The van der Waals surface area contributed by atoms with Crippen LogP contribution in [0.4, 0.5) is 5.69 Å².